The van der Waals surface area contributed by atoms with Crippen LogP contribution in [0.1, 0.15) is 41.6 Å². The van der Waals surface area contributed by atoms with Gasteiger partial charge in [0.1, 0.15) is 18.0 Å². The van der Waals surface area contributed by atoms with Crippen molar-refractivity contribution in [3.8, 4) is 5.75 Å². The van der Waals surface area contributed by atoms with E-state index in [-0.39, 0.29) is 12.5 Å². The van der Waals surface area contributed by atoms with Gasteiger partial charge in [0.05, 0.1) is 6.20 Å². The maximum Gasteiger partial charge on any atom is 0.222 e. The Morgan fingerprint density at radius 3 is 2.54 bits per heavy atom. The predicted octanol–water partition coefficient (Wildman–Crippen LogP) is 2.71. The molecule has 1 N–H and O–H groups in total. The SMILES string of the molecule is Cc1ccc(OCC2(O)CCN(C(=O)CCc3cnn(C)c3C)CC2)cc1C. The lowest BCUT2D eigenvalue weighted by molar-refractivity contribution is -0.136. The van der Waals surface area contributed by atoms with E-state index in [1.807, 2.05) is 54.9 Å². The van der Waals surface area contributed by atoms with E-state index < -0.39 is 5.60 Å². The molecule has 1 aliphatic rings. The summed E-state index contributed by atoms with van der Waals surface area (Å²) < 4.78 is 7.67. The zero-order chi connectivity index (χ0) is 20.3. The van der Waals surface area contributed by atoms with Crippen molar-refractivity contribution in [2.45, 2.75) is 52.1 Å². The van der Waals surface area contributed by atoms with Gasteiger partial charge in [-0.25, -0.2) is 0 Å². The second-order valence-electron chi connectivity index (χ2n) is 8.02. The number of ether oxygens (including phenoxy) is 1. The molecule has 28 heavy (non-hydrogen) atoms. The molecule has 0 aliphatic carbocycles. The molecule has 0 atom stereocenters. The predicted molar refractivity (Wildman–Crippen MR) is 108 cm³/mol. The van der Waals surface area contributed by atoms with Crippen molar-refractivity contribution < 1.29 is 14.6 Å². The zero-order valence-corrected chi connectivity index (χ0v) is 17.4. The summed E-state index contributed by atoms with van der Waals surface area (Å²) in [6.07, 6.45) is 4.09. The molecular formula is C22H31N3O3. The molecule has 1 aromatic heterocycles. The van der Waals surface area contributed by atoms with Crippen molar-refractivity contribution in [3.05, 3.63) is 46.8 Å². The maximum atomic E-state index is 12.5. The average Bonchev–Trinajstić information content (AvgIpc) is 3.00. The van der Waals surface area contributed by atoms with Crippen LogP contribution in [0.25, 0.3) is 0 Å². The third-order valence-electron chi connectivity index (χ3n) is 5.98. The highest BCUT2D eigenvalue weighted by Gasteiger charge is 2.34. The number of nitrogens with zero attached hydrogens (tertiary/aromatic N) is 3. The number of aliphatic hydroxyl groups is 1. The molecule has 6 nitrogen and oxygen atoms in total. The number of carbonyl (C=O) groups is 1. The van der Waals surface area contributed by atoms with Crippen LogP contribution in [0, 0.1) is 20.8 Å². The van der Waals surface area contributed by atoms with Crippen molar-refractivity contribution in [3.63, 3.8) is 0 Å². The number of amides is 1. The lowest BCUT2D eigenvalue weighted by atomic mass is 9.92. The third kappa shape index (κ3) is 4.73. The molecule has 0 saturated carbocycles. The topological polar surface area (TPSA) is 67.6 Å². The Hall–Kier alpha value is -2.34. The lowest BCUT2D eigenvalue weighted by Gasteiger charge is -2.38. The van der Waals surface area contributed by atoms with Gasteiger partial charge in [-0.05, 0) is 68.9 Å². The molecule has 152 valence electrons. The number of piperidine rings is 1. The van der Waals surface area contributed by atoms with Crippen molar-refractivity contribution in [1.82, 2.24) is 14.7 Å². The van der Waals surface area contributed by atoms with Crippen LogP contribution in [-0.4, -0.2) is 51.0 Å². The Labute approximate surface area is 167 Å². The zero-order valence-electron chi connectivity index (χ0n) is 17.4. The fourth-order valence-corrected chi connectivity index (χ4v) is 3.53. The molecular weight excluding hydrogens is 354 g/mol. The number of hydrogen-bond acceptors (Lipinski definition) is 4. The second kappa shape index (κ2) is 8.35. The van der Waals surface area contributed by atoms with Crippen LogP contribution in [0.4, 0.5) is 0 Å². The molecule has 1 amide bonds. The van der Waals surface area contributed by atoms with E-state index in [0.717, 1.165) is 17.0 Å². The number of aryl methyl sites for hydroxylation is 4. The third-order valence-corrected chi connectivity index (χ3v) is 5.98. The van der Waals surface area contributed by atoms with E-state index in [9.17, 15) is 9.90 Å². The van der Waals surface area contributed by atoms with Crippen LogP contribution in [0.3, 0.4) is 0 Å². The second-order valence-corrected chi connectivity index (χ2v) is 8.02. The van der Waals surface area contributed by atoms with Gasteiger partial charge in [0.15, 0.2) is 0 Å². The van der Waals surface area contributed by atoms with Gasteiger partial charge in [0, 0.05) is 32.3 Å². The van der Waals surface area contributed by atoms with E-state index in [1.54, 1.807) is 0 Å². The highest BCUT2D eigenvalue weighted by molar-refractivity contribution is 5.76. The molecule has 0 unspecified atom stereocenters. The molecule has 2 aromatic rings. The Bertz CT molecular complexity index is 836. The molecule has 6 heteroatoms. The van der Waals surface area contributed by atoms with Gasteiger partial charge < -0.3 is 14.7 Å². The van der Waals surface area contributed by atoms with Crippen molar-refractivity contribution >= 4 is 5.91 Å². The number of benzene rings is 1. The molecule has 0 spiro atoms. The normalized spacial score (nSPS) is 16.2. The first-order chi connectivity index (χ1) is 13.3. The van der Waals surface area contributed by atoms with Crippen LogP contribution in [0.15, 0.2) is 24.4 Å². The van der Waals surface area contributed by atoms with E-state index >= 15 is 0 Å². The monoisotopic (exact) mass is 385 g/mol. The summed E-state index contributed by atoms with van der Waals surface area (Å²) >= 11 is 0. The first-order valence-electron chi connectivity index (χ1n) is 9.95. The fourth-order valence-electron chi connectivity index (χ4n) is 3.53. The number of rotatable bonds is 6. The molecule has 0 bridgehead atoms. The van der Waals surface area contributed by atoms with Gasteiger partial charge in [-0.1, -0.05) is 6.07 Å². The summed E-state index contributed by atoms with van der Waals surface area (Å²) in [5, 5.41) is 15.1. The summed E-state index contributed by atoms with van der Waals surface area (Å²) in [6, 6.07) is 5.96. The van der Waals surface area contributed by atoms with Crippen molar-refractivity contribution in [1.29, 1.82) is 0 Å². The summed E-state index contributed by atoms with van der Waals surface area (Å²) in [5.41, 5.74) is 3.73. The first kappa shape index (κ1) is 20.4. The number of carbonyl (C=O) groups excluding carboxylic acids is 1. The Balaban J connectivity index is 1.46. The molecule has 1 fully saturated rings. The standard InChI is InChI=1S/C22H31N3O3/c1-16-5-7-20(13-17(16)2)28-15-22(27)9-11-25(12-10-22)21(26)8-6-19-14-23-24(4)18(19)3/h5,7,13-14,27H,6,8-12,15H2,1-4H3. The minimum Gasteiger partial charge on any atom is -0.491 e. The summed E-state index contributed by atoms with van der Waals surface area (Å²) in [4.78, 5) is 14.4. The average molecular weight is 386 g/mol. The Morgan fingerprint density at radius 2 is 1.93 bits per heavy atom. The summed E-state index contributed by atoms with van der Waals surface area (Å²) in [7, 11) is 1.91. The number of hydrogen-bond donors (Lipinski definition) is 1. The van der Waals surface area contributed by atoms with Crippen molar-refractivity contribution in [2.75, 3.05) is 19.7 Å². The van der Waals surface area contributed by atoms with E-state index in [2.05, 4.69) is 12.0 Å². The quantitative estimate of drug-likeness (QED) is 0.830. The summed E-state index contributed by atoms with van der Waals surface area (Å²) in [5.74, 6) is 0.919. The van der Waals surface area contributed by atoms with Gasteiger partial charge in [-0.3, -0.25) is 9.48 Å². The van der Waals surface area contributed by atoms with Crippen molar-refractivity contribution in [2.24, 2.45) is 7.05 Å². The fraction of sp³-hybridized carbons (Fsp3) is 0.545. The van der Waals surface area contributed by atoms with Crippen LogP contribution < -0.4 is 4.74 Å². The molecule has 3 rings (SSSR count). The number of likely N-dealkylation sites (tertiary alicyclic amines) is 1. The molecule has 2 heterocycles. The molecule has 1 aromatic carbocycles. The van der Waals surface area contributed by atoms with E-state index in [4.69, 9.17) is 4.74 Å². The van der Waals surface area contributed by atoms with Gasteiger partial charge >= 0.3 is 0 Å². The molecule has 1 saturated heterocycles. The van der Waals surface area contributed by atoms with E-state index in [1.165, 1.54) is 11.1 Å². The Kier molecular flexibility index (Phi) is 6.08. The minimum absolute atomic E-state index is 0.139. The number of aromatic nitrogens is 2. The highest BCUT2D eigenvalue weighted by Crippen LogP contribution is 2.25. The highest BCUT2D eigenvalue weighted by atomic mass is 16.5. The largest absolute Gasteiger partial charge is 0.491 e. The lowest BCUT2D eigenvalue weighted by Crippen LogP contribution is -2.49. The molecule has 0 radical (unpaired) electrons. The maximum absolute atomic E-state index is 12.5. The van der Waals surface area contributed by atoms with Gasteiger partial charge in [-0.15, -0.1) is 0 Å². The van der Waals surface area contributed by atoms with E-state index in [0.29, 0.717) is 38.8 Å². The van der Waals surface area contributed by atoms with Crippen LogP contribution in [0.5, 0.6) is 5.75 Å². The first-order valence-corrected chi connectivity index (χ1v) is 9.95. The van der Waals surface area contributed by atoms with Gasteiger partial charge in [0.25, 0.3) is 0 Å². The smallest absolute Gasteiger partial charge is 0.222 e. The van der Waals surface area contributed by atoms with Gasteiger partial charge in [-0.2, -0.15) is 5.10 Å². The Morgan fingerprint density at radius 1 is 1.21 bits per heavy atom. The van der Waals surface area contributed by atoms with Crippen LogP contribution >= 0.6 is 0 Å². The molecule has 1 aliphatic heterocycles. The van der Waals surface area contributed by atoms with Crippen LogP contribution in [-0.2, 0) is 18.3 Å². The van der Waals surface area contributed by atoms with Crippen LogP contribution in [0.2, 0.25) is 0 Å². The minimum atomic E-state index is -0.879. The summed E-state index contributed by atoms with van der Waals surface area (Å²) in [6.45, 7) is 7.52. The van der Waals surface area contributed by atoms with Gasteiger partial charge in [0.2, 0.25) is 5.91 Å².